The quantitative estimate of drug-likeness (QED) is 0.531. The molecule has 1 aliphatic heterocycles. The monoisotopic (exact) mass is 189 g/mol. The molecule has 0 radical (unpaired) electrons. The van der Waals surface area contributed by atoms with Gasteiger partial charge >= 0.3 is 12.1 Å². The zero-order chi connectivity index (χ0) is 10.0. The van der Waals surface area contributed by atoms with Crippen molar-refractivity contribution in [1.82, 2.24) is 4.90 Å². The number of nitrogens with zero attached hydrogens (tertiary/aromatic N) is 1. The molecule has 0 saturated carbocycles. The number of aliphatic hydroxyl groups is 1. The molecule has 1 saturated heterocycles. The number of β-amino-alcohol motifs (C(OH)–C–C–N with tert-alkyl or cyclic N) is 1. The van der Waals surface area contributed by atoms with Crippen LogP contribution in [0.15, 0.2) is 0 Å². The van der Waals surface area contributed by atoms with Crippen molar-refractivity contribution >= 4 is 12.1 Å². The molecule has 1 fully saturated rings. The number of carboxylic acid groups (broad SMARTS) is 1. The summed E-state index contributed by atoms with van der Waals surface area (Å²) in [6, 6.07) is -0.863. The third-order valence-corrected chi connectivity index (χ3v) is 2.00. The van der Waals surface area contributed by atoms with E-state index < -0.39 is 24.2 Å². The number of esters is 1. The SMILES string of the molecule is COC(=O)[C@@H]1C[C@H](O)CN1C(=O)O. The molecule has 0 aliphatic carbocycles. The number of ether oxygens (including phenoxy) is 1. The van der Waals surface area contributed by atoms with Crippen molar-refractivity contribution in [1.29, 1.82) is 0 Å². The summed E-state index contributed by atoms with van der Waals surface area (Å²) in [5.74, 6) is -0.626. The maximum Gasteiger partial charge on any atom is 0.408 e. The topological polar surface area (TPSA) is 87.1 Å². The second-order valence-corrected chi connectivity index (χ2v) is 2.86. The molecular formula is C7H11NO5. The Balaban J connectivity index is 2.71. The number of rotatable bonds is 1. The molecule has 1 rings (SSSR count). The van der Waals surface area contributed by atoms with Crippen LogP contribution in [0.25, 0.3) is 0 Å². The lowest BCUT2D eigenvalue weighted by Gasteiger charge is -2.18. The summed E-state index contributed by atoms with van der Waals surface area (Å²) in [7, 11) is 1.19. The molecule has 2 atom stereocenters. The summed E-state index contributed by atoms with van der Waals surface area (Å²) in [5, 5.41) is 17.8. The first kappa shape index (κ1) is 9.79. The van der Waals surface area contributed by atoms with Crippen LogP contribution in [0.1, 0.15) is 6.42 Å². The molecule has 6 heteroatoms. The van der Waals surface area contributed by atoms with Crippen molar-refractivity contribution in [2.45, 2.75) is 18.6 Å². The zero-order valence-electron chi connectivity index (χ0n) is 7.14. The predicted molar refractivity (Wildman–Crippen MR) is 41.2 cm³/mol. The highest BCUT2D eigenvalue weighted by molar-refractivity contribution is 5.81. The van der Waals surface area contributed by atoms with E-state index in [1.165, 1.54) is 7.11 Å². The molecule has 2 N–H and O–H groups in total. The van der Waals surface area contributed by atoms with E-state index in [1.807, 2.05) is 0 Å². The van der Waals surface area contributed by atoms with Gasteiger partial charge in [-0.2, -0.15) is 0 Å². The third-order valence-electron chi connectivity index (χ3n) is 2.00. The number of methoxy groups -OCH3 is 1. The molecule has 74 valence electrons. The van der Waals surface area contributed by atoms with Crippen LogP contribution in [0.3, 0.4) is 0 Å². The highest BCUT2D eigenvalue weighted by Crippen LogP contribution is 2.18. The largest absolute Gasteiger partial charge is 0.467 e. The highest BCUT2D eigenvalue weighted by atomic mass is 16.5. The second kappa shape index (κ2) is 3.61. The lowest BCUT2D eigenvalue weighted by molar-refractivity contribution is -0.145. The fraction of sp³-hybridized carbons (Fsp3) is 0.714. The number of carbonyl (C=O) groups excluding carboxylic acids is 1. The third kappa shape index (κ3) is 1.89. The molecule has 1 amide bonds. The standard InChI is InChI=1S/C7H11NO5/c1-13-6(10)5-2-4(9)3-8(5)7(11)12/h4-5,9H,2-3H2,1H3,(H,11,12)/t4-,5-/m0/s1. The molecule has 13 heavy (non-hydrogen) atoms. The van der Waals surface area contributed by atoms with E-state index >= 15 is 0 Å². The van der Waals surface area contributed by atoms with Gasteiger partial charge in [0, 0.05) is 6.42 Å². The Morgan fingerprint density at radius 3 is 2.62 bits per heavy atom. The van der Waals surface area contributed by atoms with Crippen molar-refractivity contribution < 1.29 is 24.5 Å². The van der Waals surface area contributed by atoms with Crippen molar-refractivity contribution in [2.75, 3.05) is 13.7 Å². The number of likely N-dealkylation sites (tertiary alicyclic amines) is 1. The minimum atomic E-state index is -1.22. The van der Waals surface area contributed by atoms with Crippen LogP contribution < -0.4 is 0 Å². The Hall–Kier alpha value is -1.30. The van der Waals surface area contributed by atoms with Crippen molar-refractivity contribution in [3.63, 3.8) is 0 Å². The molecule has 0 aromatic carbocycles. The number of amides is 1. The maximum absolute atomic E-state index is 11.0. The van der Waals surface area contributed by atoms with E-state index in [-0.39, 0.29) is 13.0 Å². The Morgan fingerprint density at radius 1 is 1.54 bits per heavy atom. The van der Waals surface area contributed by atoms with Gasteiger partial charge in [0.1, 0.15) is 6.04 Å². The summed E-state index contributed by atoms with van der Waals surface area (Å²) in [5.41, 5.74) is 0. The van der Waals surface area contributed by atoms with Crippen molar-refractivity contribution in [2.24, 2.45) is 0 Å². The smallest absolute Gasteiger partial charge is 0.408 e. The van der Waals surface area contributed by atoms with Crippen molar-refractivity contribution in [3.8, 4) is 0 Å². The molecule has 6 nitrogen and oxygen atoms in total. The average Bonchev–Trinajstić information content (AvgIpc) is 2.46. The Bertz CT molecular complexity index is 229. The van der Waals surface area contributed by atoms with E-state index in [1.54, 1.807) is 0 Å². The molecule has 1 aliphatic rings. The molecule has 0 spiro atoms. The van der Waals surface area contributed by atoms with Crippen molar-refractivity contribution in [3.05, 3.63) is 0 Å². The average molecular weight is 189 g/mol. The normalized spacial score (nSPS) is 27.4. The summed E-state index contributed by atoms with van der Waals surface area (Å²) in [6.45, 7) is -0.0326. The van der Waals surface area contributed by atoms with E-state index in [4.69, 9.17) is 10.2 Å². The lowest BCUT2D eigenvalue weighted by atomic mass is 10.2. The fourth-order valence-electron chi connectivity index (χ4n) is 1.38. The van der Waals surface area contributed by atoms with Crippen LogP contribution in [0.2, 0.25) is 0 Å². The van der Waals surface area contributed by atoms with Crippen LogP contribution in [-0.4, -0.2) is 53.0 Å². The number of hydrogen-bond donors (Lipinski definition) is 2. The van der Waals surface area contributed by atoms with Gasteiger partial charge in [-0.3, -0.25) is 4.90 Å². The molecule has 0 unspecified atom stereocenters. The minimum absolute atomic E-state index is 0.0326. The lowest BCUT2D eigenvalue weighted by Crippen LogP contribution is -2.40. The van der Waals surface area contributed by atoms with Gasteiger partial charge in [0.25, 0.3) is 0 Å². The first-order chi connectivity index (χ1) is 6.06. The Morgan fingerprint density at radius 2 is 2.15 bits per heavy atom. The van der Waals surface area contributed by atoms with E-state index in [0.29, 0.717) is 0 Å². The number of aliphatic hydroxyl groups excluding tert-OH is 1. The van der Waals surface area contributed by atoms with E-state index in [9.17, 15) is 9.59 Å². The zero-order valence-corrected chi connectivity index (χ0v) is 7.14. The molecule has 0 aromatic rings. The van der Waals surface area contributed by atoms with Gasteiger partial charge < -0.3 is 14.9 Å². The minimum Gasteiger partial charge on any atom is -0.467 e. The second-order valence-electron chi connectivity index (χ2n) is 2.86. The van der Waals surface area contributed by atoms with Gasteiger partial charge in [-0.05, 0) is 0 Å². The number of carbonyl (C=O) groups is 2. The predicted octanol–water partition coefficient (Wildman–Crippen LogP) is -0.727. The maximum atomic E-state index is 11.0. The molecular weight excluding hydrogens is 178 g/mol. The van der Waals surface area contributed by atoms with Gasteiger partial charge in [0.2, 0.25) is 0 Å². The van der Waals surface area contributed by atoms with Crippen LogP contribution in [0.5, 0.6) is 0 Å². The molecule has 0 bridgehead atoms. The van der Waals surface area contributed by atoms with E-state index in [2.05, 4.69) is 4.74 Å². The first-order valence-corrected chi connectivity index (χ1v) is 3.81. The van der Waals surface area contributed by atoms with E-state index in [0.717, 1.165) is 4.90 Å². The molecule has 1 heterocycles. The van der Waals surface area contributed by atoms with Gasteiger partial charge in [0.15, 0.2) is 0 Å². The summed E-state index contributed by atoms with van der Waals surface area (Å²) in [4.78, 5) is 22.5. The van der Waals surface area contributed by atoms with Gasteiger partial charge in [-0.1, -0.05) is 0 Å². The van der Waals surface area contributed by atoms with Gasteiger partial charge in [-0.25, -0.2) is 9.59 Å². The Labute approximate surface area is 74.7 Å². The molecule has 0 aromatic heterocycles. The Kier molecular flexibility index (Phi) is 2.72. The summed E-state index contributed by atoms with van der Waals surface area (Å²) in [6.07, 6.45) is -1.88. The summed E-state index contributed by atoms with van der Waals surface area (Å²) < 4.78 is 4.41. The fourth-order valence-corrected chi connectivity index (χ4v) is 1.38. The van der Waals surface area contributed by atoms with Crippen LogP contribution in [-0.2, 0) is 9.53 Å². The number of hydrogen-bond acceptors (Lipinski definition) is 4. The summed E-state index contributed by atoms with van der Waals surface area (Å²) >= 11 is 0. The van der Waals surface area contributed by atoms with Crippen LogP contribution in [0.4, 0.5) is 4.79 Å². The van der Waals surface area contributed by atoms with Gasteiger partial charge in [-0.15, -0.1) is 0 Å². The van der Waals surface area contributed by atoms with Crippen LogP contribution >= 0.6 is 0 Å². The van der Waals surface area contributed by atoms with Crippen LogP contribution in [0, 0.1) is 0 Å². The van der Waals surface area contributed by atoms with Gasteiger partial charge in [0.05, 0.1) is 19.8 Å². The highest BCUT2D eigenvalue weighted by Gasteiger charge is 2.39. The first-order valence-electron chi connectivity index (χ1n) is 3.81.